The smallest absolute Gasteiger partial charge is 0.243 e. The molecule has 34 heavy (non-hydrogen) atoms. The molecule has 4 aliphatic rings. The van der Waals surface area contributed by atoms with E-state index < -0.39 is 10.0 Å². The molecule has 0 unspecified atom stereocenters. The Labute approximate surface area is 203 Å². The Hall–Kier alpha value is -1.93. The molecule has 2 saturated heterocycles. The monoisotopic (exact) mass is 487 g/mol. The first-order valence-corrected chi connectivity index (χ1v) is 14.6. The van der Waals surface area contributed by atoms with Gasteiger partial charge in [-0.1, -0.05) is 19.3 Å². The fourth-order valence-electron chi connectivity index (χ4n) is 5.88. The van der Waals surface area contributed by atoms with Crippen molar-refractivity contribution < 1.29 is 18.0 Å². The Morgan fingerprint density at radius 1 is 0.735 bits per heavy atom. The first kappa shape index (κ1) is 23.8. The second-order valence-corrected chi connectivity index (χ2v) is 12.4. The van der Waals surface area contributed by atoms with Crippen molar-refractivity contribution in [3.63, 3.8) is 0 Å². The van der Waals surface area contributed by atoms with Crippen LogP contribution in [0, 0.1) is 11.8 Å². The highest BCUT2D eigenvalue weighted by Crippen LogP contribution is 2.36. The van der Waals surface area contributed by atoms with Crippen LogP contribution in [0.5, 0.6) is 0 Å². The molecule has 1 aromatic carbocycles. The molecule has 5 rings (SSSR count). The zero-order valence-corrected chi connectivity index (χ0v) is 20.9. The molecule has 2 amide bonds. The van der Waals surface area contributed by atoms with E-state index in [1.54, 1.807) is 16.4 Å². The van der Waals surface area contributed by atoms with Crippen molar-refractivity contribution in [2.24, 2.45) is 11.8 Å². The average Bonchev–Trinajstić information content (AvgIpc) is 3.11. The van der Waals surface area contributed by atoms with Gasteiger partial charge < -0.3 is 9.80 Å². The van der Waals surface area contributed by atoms with E-state index in [2.05, 4.69) is 0 Å². The third-order valence-electron chi connectivity index (χ3n) is 8.25. The molecular formula is C26H37N3O4S. The van der Waals surface area contributed by atoms with E-state index in [1.807, 2.05) is 15.9 Å². The highest BCUT2D eigenvalue weighted by atomic mass is 32.2. The van der Waals surface area contributed by atoms with Gasteiger partial charge in [-0.3, -0.25) is 9.59 Å². The first-order chi connectivity index (χ1) is 16.4. The largest absolute Gasteiger partial charge is 0.342 e. The van der Waals surface area contributed by atoms with Crippen molar-refractivity contribution in [1.29, 1.82) is 0 Å². The summed E-state index contributed by atoms with van der Waals surface area (Å²) in [5.74, 6) is 0.467. The molecule has 186 valence electrons. The molecule has 8 heteroatoms. The summed E-state index contributed by atoms with van der Waals surface area (Å²) in [6.07, 6.45) is 10.4. The van der Waals surface area contributed by atoms with Gasteiger partial charge in [0.1, 0.15) is 0 Å². The van der Waals surface area contributed by atoms with Gasteiger partial charge in [-0.2, -0.15) is 4.31 Å². The number of carbonyl (C=O) groups is 2. The SMILES string of the molecule is O=C(C1CCN(S(=O)(=O)c2ccc3c(c2)CCCN3C(=O)C2CCC2)CC1)N1CCCCCC1. The van der Waals surface area contributed by atoms with Crippen LogP contribution in [0.4, 0.5) is 5.69 Å². The van der Waals surface area contributed by atoms with E-state index in [4.69, 9.17) is 0 Å². The highest BCUT2D eigenvalue weighted by molar-refractivity contribution is 7.89. The summed E-state index contributed by atoms with van der Waals surface area (Å²) in [6, 6.07) is 5.27. The average molecular weight is 488 g/mol. The molecule has 1 saturated carbocycles. The number of aryl methyl sites for hydroxylation is 1. The molecule has 0 bridgehead atoms. The van der Waals surface area contributed by atoms with Crippen LogP contribution in [0.2, 0.25) is 0 Å². The lowest BCUT2D eigenvalue weighted by atomic mass is 9.83. The van der Waals surface area contributed by atoms with Gasteiger partial charge in [0, 0.05) is 50.2 Å². The summed E-state index contributed by atoms with van der Waals surface area (Å²) in [5.41, 5.74) is 1.83. The Morgan fingerprint density at radius 3 is 2.06 bits per heavy atom. The summed E-state index contributed by atoms with van der Waals surface area (Å²) in [7, 11) is -3.62. The van der Waals surface area contributed by atoms with E-state index in [-0.39, 0.29) is 23.7 Å². The molecule has 1 aliphatic carbocycles. The summed E-state index contributed by atoms with van der Waals surface area (Å²) in [6.45, 7) is 3.17. The van der Waals surface area contributed by atoms with Crippen molar-refractivity contribution in [3.05, 3.63) is 23.8 Å². The number of hydrogen-bond acceptors (Lipinski definition) is 4. The highest BCUT2D eigenvalue weighted by Gasteiger charge is 2.36. The lowest BCUT2D eigenvalue weighted by Crippen LogP contribution is -2.44. The zero-order chi connectivity index (χ0) is 23.7. The first-order valence-electron chi connectivity index (χ1n) is 13.2. The number of anilines is 1. The zero-order valence-electron chi connectivity index (χ0n) is 20.1. The van der Waals surface area contributed by atoms with Crippen molar-refractivity contribution in [3.8, 4) is 0 Å². The predicted octanol–water partition coefficient (Wildman–Crippen LogP) is 3.57. The van der Waals surface area contributed by atoms with E-state index in [0.29, 0.717) is 37.4 Å². The third kappa shape index (κ3) is 4.63. The number of rotatable bonds is 4. The minimum Gasteiger partial charge on any atom is -0.342 e. The van der Waals surface area contributed by atoms with E-state index in [1.165, 1.54) is 12.8 Å². The maximum atomic E-state index is 13.4. The minimum absolute atomic E-state index is 0.0702. The number of sulfonamides is 1. The second-order valence-electron chi connectivity index (χ2n) is 10.4. The van der Waals surface area contributed by atoms with Crippen LogP contribution >= 0.6 is 0 Å². The Bertz CT molecular complexity index is 1020. The number of fused-ring (bicyclic) bond motifs is 1. The van der Waals surface area contributed by atoms with Crippen LogP contribution in [0.25, 0.3) is 0 Å². The molecule has 0 aromatic heterocycles. The van der Waals surface area contributed by atoms with Gasteiger partial charge in [-0.05, 0) is 75.1 Å². The number of hydrogen-bond donors (Lipinski definition) is 0. The van der Waals surface area contributed by atoms with Gasteiger partial charge in [-0.15, -0.1) is 0 Å². The van der Waals surface area contributed by atoms with Crippen LogP contribution in [0.3, 0.4) is 0 Å². The van der Waals surface area contributed by atoms with Gasteiger partial charge in [0.15, 0.2) is 0 Å². The molecular weight excluding hydrogens is 450 g/mol. The molecule has 1 aromatic rings. The van der Waals surface area contributed by atoms with Crippen LogP contribution in [-0.4, -0.2) is 62.2 Å². The summed E-state index contributed by atoms with van der Waals surface area (Å²) in [5, 5.41) is 0. The topological polar surface area (TPSA) is 78.0 Å². The van der Waals surface area contributed by atoms with E-state index >= 15 is 0 Å². The van der Waals surface area contributed by atoms with Crippen LogP contribution in [-0.2, 0) is 26.0 Å². The van der Waals surface area contributed by atoms with Gasteiger partial charge in [0.2, 0.25) is 21.8 Å². The molecule has 3 heterocycles. The molecule has 7 nitrogen and oxygen atoms in total. The number of amides is 2. The van der Waals surface area contributed by atoms with Gasteiger partial charge in [0.05, 0.1) is 4.90 Å². The van der Waals surface area contributed by atoms with Crippen molar-refractivity contribution in [1.82, 2.24) is 9.21 Å². The van der Waals surface area contributed by atoms with Gasteiger partial charge in [0.25, 0.3) is 0 Å². The minimum atomic E-state index is -3.62. The summed E-state index contributed by atoms with van der Waals surface area (Å²) >= 11 is 0. The molecule has 0 spiro atoms. The molecule has 3 fully saturated rings. The molecule has 0 N–H and O–H groups in total. The fourth-order valence-corrected chi connectivity index (χ4v) is 7.40. The Morgan fingerprint density at radius 2 is 1.41 bits per heavy atom. The lowest BCUT2D eigenvalue weighted by Gasteiger charge is -2.36. The summed E-state index contributed by atoms with van der Waals surface area (Å²) in [4.78, 5) is 30.0. The molecule has 3 aliphatic heterocycles. The van der Waals surface area contributed by atoms with Gasteiger partial charge >= 0.3 is 0 Å². The summed E-state index contributed by atoms with van der Waals surface area (Å²) < 4.78 is 28.4. The molecule has 0 radical (unpaired) electrons. The maximum absolute atomic E-state index is 13.4. The fraction of sp³-hybridized carbons (Fsp3) is 0.692. The maximum Gasteiger partial charge on any atom is 0.243 e. The Kier molecular flexibility index (Phi) is 6.98. The van der Waals surface area contributed by atoms with Crippen molar-refractivity contribution in [2.45, 2.75) is 75.5 Å². The number of nitrogens with zero attached hydrogens (tertiary/aromatic N) is 3. The lowest BCUT2D eigenvalue weighted by molar-refractivity contribution is -0.136. The van der Waals surface area contributed by atoms with Crippen LogP contribution in [0.15, 0.2) is 23.1 Å². The number of piperidine rings is 1. The molecule has 0 atom stereocenters. The Balaban J connectivity index is 1.25. The van der Waals surface area contributed by atoms with E-state index in [0.717, 1.165) is 69.3 Å². The van der Waals surface area contributed by atoms with E-state index in [9.17, 15) is 18.0 Å². The standard InChI is InChI=1S/C26H37N3O4S/c30-25(27-14-3-1-2-4-15-27)21-12-17-28(18-13-21)34(32,33)23-10-11-24-22(19-23)9-6-16-29(24)26(31)20-7-5-8-20/h10-11,19-21H,1-9,12-18H2. The van der Waals surface area contributed by atoms with Crippen molar-refractivity contribution >= 4 is 27.5 Å². The van der Waals surface area contributed by atoms with Crippen LogP contribution in [0.1, 0.15) is 69.8 Å². The van der Waals surface area contributed by atoms with Gasteiger partial charge in [-0.25, -0.2) is 8.42 Å². The normalized spacial score (nSPS) is 23.2. The predicted molar refractivity (Wildman–Crippen MR) is 131 cm³/mol. The number of carbonyl (C=O) groups excluding carboxylic acids is 2. The van der Waals surface area contributed by atoms with Crippen LogP contribution < -0.4 is 4.90 Å². The number of benzene rings is 1. The van der Waals surface area contributed by atoms with Crippen molar-refractivity contribution in [2.75, 3.05) is 37.6 Å². The quantitative estimate of drug-likeness (QED) is 0.651. The third-order valence-corrected chi connectivity index (χ3v) is 10.1. The second kappa shape index (κ2) is 9.97. The number of likely N-dealkylation sites (tertiary alicyclic amines) is 1.